The van der Waals surface area contributed by atoms with Crippen molar-refractivity contribution < 1.29 is 9.53 Å². The Hall–Kier alpha value is -2.63. The smallest absolute Gasteiger partial charge is 0.336 e. The van der Waals surface area contributed by atoms with Gasteiger partial charge in [-0.15, -0.1) is 5.10 Å². The zero-order valence-electron chi connectivity index (χ0n) is 10.7. The summed E-state index contributed by atoms with van der Waals surface area (Å²) in [7, 11) is 1.45. The lowest BCUT2D eigenvalue weighted by atomic mass is 10.1. The van der Waals surface area contributed by atoms with E-state index in [4.69, 9.17) is 4.74 Å². The molecule has 0 atom stereocenters. The Morgan fingerprint density at radius 1 is 1.37 bits per heavy atom. The highest BCUT2D eigenvalue weighted by Crippen LogP contribution is 2.06. The van der Waals surface area contributed by atoms with Crippen LogP contribution in [0.1, 0.15) is 11.1 Å². The van der Waals surface area contributed by atoms with Crippen LogP contribution in [0.2, 0.25) is 0 Å². The van der Waals surface area contributed by atoms with E-state index >= 15 is 0 Å². The first kappa shape index (κ1) is 12.8. The van der Waals surface area contributed by atoms with Crippen LogP contribution < -0.4 is 10.1 Å². The third kappa shape index (κ3) is 3.67. The van der Waals surface area contributed by atoms with Crippen molar-refractivity contribution in [3.05, 3.63) is 41.5 Å². The van der Waals surface area contributed by atoms with Crippen LogP contribution in [-0.4, -0.2) is 28.2 Å². The molecule has 19 heavy (non-hydrogen) atoms. The van der Waals surface area contributed by atoms with E-state index in [2.05, 4.69) is 20.5 Å². The summed E-state index contributed by atoms with van der Waals surface area (Å²) in [6.07, 6.45) is 3.15. The van der Waals surface area contributed by atoms with Gasteiger partial charge in [0.05, 0.1) is 7.11 Å². The summed E-state index contributed by atoms with van der Waals surface area (Å²) >= 11 is 0. The minimum absolute atomic E-state index is 0.179. The Morgan fingerprint density at radius 2 is 2.11 bits per heavy atom. The Labute approximate surface area is 110 Å². The monoisotopic (exact) mass is 258 g/mol. The Kier molecular flexibility index (Phi) is 3.92. The average Bonchev–Trinajstić information content (AvgIpc) is 2.86. The largest absolute Gasteiger partial charge is 0.466 e. The number of amides is 1. The maximum absolute atomic E-state index is 11.6. The first-order chi connectivity index (χ1) is 9.17. The lowest BCUT2D eigenvalue weighted by Crippen LogP contribution is -2.09. The fourth-order valence-corrected chi connectivity index (χ4v) is 1.40. The highest BCUT2D eigenvalue weighted by molar-refractivity contribution is 6.00. The third-order valence-electron chi connectivity index (χ3n) is 2.39. The standard InChI is InChI=1S/C13H14N4O2/c1-9-3-5-10(6-4-9)7-8-11(18)14-12-15-13(19-2)17-16-12/h3-8H,1-2H3,(H2,14,15,16,17,18)/b8-7+. The molecule has 0 unspecified atom stereocenters. The molecular formula is C13H14N4O2. The van der Waals surface area contributed by atoms with E-state index in [1.807, 2.05) is 31.2 Å². The highest BCUT2D eigenvalue weighted by atomic mass is 16.5. The fourth-order valence-electron chi connectivity index (χ4n) is 1.40. The number of anilines is 1. The lowest BCUT2D eigenvalue weighted by molar-refractivity contribution is -0.111. The van der Waals surface area contributed by atoms with Gasteiger partial charge in [0.1, 0.15) is 0 Å². The number of carbonyl (C=O) groups is 1. The van der Waals surface area contributed by atoms with Gasteiger partial charge < -0.3 is 4.74 Å². The minimum atomic E-state index is -0.292. The van der Waals surface area contributed by atoms with E-state index < -0.39 is 0 Å². The molecule has 0 bridgehead atoms. The number of rotatable bonds is 4. The van der Waals surface area contributed by atoms with Crippen LogP contribution in [0.3, 0.4) is 0 Å². The number of hydrogen-bond acceptors (Lipinski definition) is 4. The molecule has 1 heterocycles. The van der Waals surface area contributed by atoms with Crippen molar-refractivity contribution in [2.45, 2.75) is 6.92 Å². The summed E-state index contributed by atoms with van der Waals surface area (Å²) < 4.78 is 4.79. The Morgan fingerprint density at radius 3 is 2.74 bits per heavy atom. The summed E-state index contributed by atoms with van der Waals surface area (Å²) in [4.78, 5) is 15.5. The zero-order valence-corrected chi connectivity index (χ0v) is 10.7. The summed E-state index contributed by atoms with van der Waals surface area (Å²) in [5, 5.41) is 8.80. The lowest BCUT2D eigenvalue weighted by Gasteiger charge is -1.96. The number of aryl methyl sites for hydroxylation is 1. The molecule has 1 aromatic heterocycles. The second-order valence-corrected chi connectivity index (χ2v) is 3.90. The maximum Gasteiger partial charge on any atom is 0.336 e. The molecule has 0 aliphatic carbocycles. The number of hydrogen-bond donors (Lipinski definition) is 2. The normalized spacial score (nSPS) is 10.6. The van der Waals surface area contributed by atoms with Crippen LogP contribution in [0.25, 0.3) is 6.08 Å². The summed E-state index contributed by atoms with van der Waals surface area (Å²) in [5.41, 5.74) is 2.13. The molecule has 6 heteroatoms. The number of aromatic amines is 1. The van der Waals surface area contributed by atoms with Crippen molar-refractivity contribution in [2.24, 2.45) is 0 Å². The number of nitrogens with zero attached hydrogens (tertiary/aromatic N) is 2. The predicted molar refractivity (Wildman–Crippen MR) is 71.8 cm³/mol. The van der Waals surface area contributed by atoms with Gasteiger partial charge in [0, 0.05) is 6.08 Å². The summed E-state index contributed by atoms with van der Waals surface area (Å²) in [6, 6.07) is 8.03. The number of nitrogens with one attached hydrogen (secondary N) is 2. The van der Waals surface area contributed by atoms with Crippen molar-refractivity contribution in [3.8, 4) is 6.01 Å². The second kappa shape index (κ2) is 5.81. The minimum Gasteiger partial charge on any atom is -0.466 e. The topological polar surface area (TPSA) is 79.9 Å². The number of aromatic nitrogens is 3. The van der Waals surface area contributed by atoms with E-state index in [1.54, 1.807) is 6.08 Å². The summed E-state index contributed by atoms with van der Waals surface area (Å²) in [6.45, 7) is 2.01. The molecule has 0 radical (unpaired) electrons. The van der Waals surface area contributed by atoms with E-state index in [0.29, 0.717) is 0 Å². The number of benzene rings is 1. The van der Waals surface area contributed by atoms with Crippen LogP contribution in [0.15, 0.2) is 30.3 Å². The molecule has 2 N–H and O–H groups in total. The van der Waals surface area contributed by atoms with Crippen LogP contribution in [-0.2, 0) is 4.79 Å². The molecule has 1 aromatic carbocycles. The zero-order chi connectivity index (χ0) is 13.7. The van der Waals surface area contributed by atoms with E-state index in [-0.39, 0.29) is 17.9 Å². The van der Waals surface area contributed by atoms with Crippen LogP contribution in [0.5, 0.6) is 6.01 Å². The molecule has 1 amide bonds. The van der Waals surface area contributed by atoms with Crippen molar-refractivity contribution in [2.75, 3.05) is 12.4 Å². The van der Waals surface area contributed by atoms with Crippen LogP contribution in [0.4, 0.5) is 5.95 Å². The fraction of sp³-hybridized carbons (Fsp3) is 0.154. The van der Waals surface area contributed by atoms with Gasteiger partial charge >= 0.3 is 6.01 Å². The van der Waals surface area contributed by atoms with E-state index in [1.165, 1.54) is 18.7 Å². The van der Waals surface area contributed by atoms with Crippen molar-refractivity contribution in [1.29, 1.82) is 0 Å². The number of ether oxygens (including phenoxy) is 1. The molecule has 98 valence electrons. The quantitative estimate of drug-likeness (QED) is 0.819. The van der Waals surface area contributed by atoms with Crippen molar-refractivity contribution in [3.63, 3.8) is 0 Å². The third-order valence-corrected chi connectivity index (χ3v) is 2.39. The van der Waals surface area contributed by atoms with Gasteiger partial charge in [0.25, 0.3) is 5.91 Å². The molecule has 0 aliphatic heterocycles. The maximum atomic E-state index is 11.6. The molecule has 0 saturated heterocycles. The Balaban J connectivity index is 1.95. The molecule has 0 spiro atoms. The SMILES string of the molecule is COc1n[nH]c(NC(=O)/C=C/c2ccc(C)cc2)n1. The molecule has 6 nitrogen and oxygen atoms in total. The summed E-state index contributed by atoms with van der Waals surface area (Å²) in [5.74, 6) is -0.0465. The van der Waals surface area contributed by atoms with Gasteiger partial charge in [0.2, 0.25) is 5.95 Å². The first-order valence-electron chi connectivity index (χ1n) is 5.69. The molecular weight excluding hydrogens is 244 g/mol. The van der Waals surface area contributed by atoms with Crippen molar-refractivity contribution >= 4 is 17.9 Å². The molecule has 0 fully saturated rings. The van der Waals surface area contributed by atoms with Gasteiger partial charge in [-0.3, -0.25) is 10.1 Å². The van der Waals surface area contributed by atoms with Crippen LogP contribution in [0, 0.1) is 6.92 Å². The van der Waals surface area contributed by atoms with Gasteiger partial charge in [-0.2, -0.15) is 4.98 Å². The number of H-pyrrole nitrogens is 1. The highest BCUT2D eigenvalue weighted by Gasteiger charge is 2.04. The molecule has 0 aliphatic rings. The van der Waals surface area contributed by atoms with Gasteiger partial charge in [-0.25, -0.2) is 5.10 Å². The average molecular weight is 258 g/mol. The van der Waals surface area contributed by atoms with Crippen molar-refractivity contribution in [1.82, 2.24) is 15.2 Å². The van der Waals surface area contributed by atoms with E-state index in [0.717, 1.165) is 5.56 Å². The molecule has 2 aromatic rings. The molecule has 0 saturated carbocycles. The molecule has 2 rings (SSSR count). The van der Waals surface area contributed by atoms with Gasteiger partial charge in [0.15, 0.2) is 0 Å². The van der Waals surface area contributed by atoms with E-state index in [9.17, 15) is 4.79 Å². The second-order valence-electron chi connectivity index (χ2n) is 3.90. The van der Waals surface area contributed by atoms with Gasteiger partial charge in [-0.05, 0) is 18.6 Å². The number of methoxy groups -OCH3 is 1. The number of carbonyl (C=O) groups excluding carboxylic acids is 1. The predicted octanol–water partition coefficient (Wildman–Crippen LogP) is 1.77. The Bertz CT molecular complexity index is 587. The van der Waals surface area contributed by atoms with Crippen LogP contribution >= 0.6 is 0 Å². The first-order valence-corrected chi connectivity index (χ1v) is 5.69. The van der Waals surface area contributed by atoms with Gasteiger partial charge in [-0.1, -0.05) is 29.8 Å².